The van der Waals surface area contributed by atoms with Gasteiger partial charge in [0.1, 0.15) is 12.9 Å². The fourth-order valence-electron chi connectivity index (χ4n) is 3.33. The highest BCUT2D eigenvalue weighted by Crippen LogP contribution is 2.24. The van der Waals surface area contributed by atoms with E-state index in [-0.39, 0.29) is 41.5 Å². The van der Waals surface area contributed by atoms with Crippen LogP contribution in [0, 0.1) is 0 Å². The normalized spacial score (nSPS) is 17.7. The van der Waals surface area contributed by atoms with Crippen LogP contribution in [0.2, 0.25) is 0 Å². The number of carbonyl (C=O) groups excluding carboxylic acids is 1. The SMILES string of the molecule is CCNC(=NCc1nncn1C)N1CC(=O)N(C(C)C)C(C)(C)C1.I. The smallest absolute Gasteiger partial charge is 0.242 e. The number of halogens is 1. The first-order valence-electron chi connectivity index (χ1n) is 8.44. The predicted molar refractivity (Wildman–Crippen MR) is 109 cm³/mol. The van der Waals surface area contributed by atoms with E-state index in [1.54, 1.807) is 6.33 Å². The number of carbonyl (C=O) groups is 1. The van der Waals surface area contributed by atoms with E-state index in [2.05, 4.69) is 48.2 Å². The van der Waals surface area contributed by atoms with Gasteiger partial charge in [-0.2, -0.15) is 0 Å². The van der Waals surface area contributed by atoms with Crippen LogP contribution in [0.5, 0.6) is 0 Å². The van der Waals surface area contributed by atoms with E-state index in [9.17, 15) is 4.79 Å². The summed E-state index contributed by atoms with van der Waals surface area (Å²) in [6.07, 6.45) is 1.66. The molecule has 1 saturated heterocycles. The van der Waals surface area contributed by atoms with Gasteiger partial charge in [-0.15, -0.1) is 34.2 Å². The summed E-state index contributed by atoms with van der Waals surface area (Å²) in [5.41, 5.74) is -0.246. The summed E-state index contributed by atoms with van der Waals surface area (Å²) in [7, 11) is 1.89. The summed E-state index contributed by atoms with van der Waals surface area (Å²) in [4.78, 5) is 21.3. The van der Waals surface area contributed by atoms with Crippen LogP contribution in [0.15, 0.2) is 11.3 Å². The molecule has 1 aliphatic heterocycles. The van der Waals surface area contributed by atoms with Crippen LogP contribution in [-0.4, -0.2) is 67.6 Å². The Bertz CT molecular complexity index is 611. The molecule has 0 saturated carbocycles. The number of rotatable bonds is 4. The molecular formula is C16H30IN7O. The topological polar surface area (TPSA) is 78.6 Å². The Hall–Kier alpha value is -1.39. The Morgan fingerprint density at radius 3 is 2.60 bits per heavy atom. The summed E-state index contributed by atoms with van der Waals surface area (Å²) in [6.45, 7) is 12.6. The van der Waals surface area contributed by atoms with E-state index >= 15 is 0 Å². The molecule has 1 N–H and O–H groups in total. The Morgan fingerprint density at radius 1 is 1.44 bits per heavy atom. The van der Waals surface area contributed by atoms with Crippen molar-refractivity contribution in [2.75, 3.05) is 19.6 Å². The molecule has 8 nitrogen and oxygen atoms in total. The van der Waals surface area contributed by atoms with Gasteiger partial charge in [-0.05, 0) is 34.6 Å². The predicted octanol–water partition coefficient (Wildman–Crippen LogP) is 1.23. The maximum absolute atomic E-state index is 12.6. The van der Waals surface area contributed by atoms with Crippen molar-refractivity contribution < 1.29 is 4.79 Å². The molecule has 0 aromatic carbocycles. The standard InChI is InChI=1S/C16H29N7O.HI/c1-7-17-15(18-8-13-20-19-11-21(13)6)22-9-14(24)23(12(2)3)16(4,5)10-22;/h11-12H,7-10H2,1-6H3,(H,17,18);1H. The molecule has 25 heavy (non-hydrogen) atoms. The fourth-order valence-corrected chi connectivity index (χ4v) is 3.33. The molecule has 1 aromatic heterocycles. The molecule has 0 aliphatic carbocycles. The zero-order valence-electron chi connectivity index (χ0n) is 16.0. The van der Waals surface area contributed by atoms with Crippen LogP contribution in [0.1, 0.15) is 40.4 Å². The Morgan fingerprint density at radius 2 is 2.12 bits per heavy atom. The van der Waals surface area contributed by atoms with Crippen molar-refractivity contribution in [1.82, 2.24) is 29.9 Å². The van der Waals surface area contributed by atoms with Crippen LogP contribution in [-0.2, 0) is 18.4 Å². The van der Waals surface area contributed by atoms with E-state index in [4.69, 9.17) is 0 Å². The second-order valence-corrected chi connectivity index (χ2v) is 7.05. The molecule has 1 fully saturated rings. The summed E-state index contributed by atoms with van der Waals surface area (Å²) < 4.78 is 1.85. The van der Waals surface area contributed by atoms with E-state index in [0.29, 0.717) is 13.1 Å². The number of aryl methyl sites for hydroxylation is 1. The molecular weight excluding hydrogens is 433 g/mol. The van der Waals surface area contributed by atoms with Gasteiger partial charge in [-0.3, -0.25) is 4.79 Å². The Kier molecular flexibility index (Phi) is 7.63. The number of amides is 1. The van der Waals surface area contributed by atoms with Crippen LogP contribution in [0.25, 0.3) is 0 Å². The first-order chi connectivity index (χ1) is 11.3. The highest BCUT2D eigenvalue weighted by atomic mass is 127. The minimum Gasteiger partial charge on any atom is -0.356 e. The van der Waals surface area contributed by atoms with Gasteiger partial charge in [0.05, 0.1) is 12.1 Å². The van der Waals surface area contributed by atoms with Gasteiger partial charge in [0.2, 0.25) is 5.91 Å². The van der Waals surface area contributed by atoms with Crippen LogP contribution < -0.4 is 5.32 Å². The van der Waals surface area contributed by atoms with E-state index < -0.39 is 0 Å². The quantitative estimate of drug-likeness (QED) is 0.413. The number of hydrogen-bond acceptors (Lipinski definition) is 4. The summed E-state index contributed by atoms with van der Waals surface area (Å²) in [5.74, 6) is 1.66. The molecule has 9 heteroatoms. The zero-order chi connectivity index (χ0) is 17.9. The van der Waals surface area contributed by atoms with Crippen LogP contribution >= 0.6 is 24.0 Å². The number of piperazine rings is 1. The van der Waals surface area contributed by atoms with Crippen molar-refractivity contribution in [3.05, 3.63) is 12.2 Å². The maximum Gasteiger partial charge on any atom is 0.242 e. The number of guanidine groups is 1. The van der Waals surface area contributed by atoms with E-state index in [1.165, 1.54) is 0 Å². The van der Waals surface area contributed by atoms with Gasteiger partial charge in [0, 0.05) is 26.2 Å². The van der Waals surface area contributed by atoms with Gasteiger partial charge in [-0.1, -0.05) is 0 Å². The molecule has 0 bridgehead atoms. The average Bonchev–Trinajstić information content (AvgIpc) is 2.86. The minimum atomic E-state index is -0.246. The fraction of sp³-hybridized carbons (Fsp3) is 0.750. The first kappa shape index (κ1) is 21.7. The van der Waals surface area contributed by atoms with Crippen LogP contribution in [0.4, 0.5) is 0 Å². The summed E-state index contributed by atoms with van der Waals surface area (Å²) >= 11 is 0. The molecule has 2 heterocycles. The second-order valence-electron chi connectivity index (χ2n) is 7.05. The van der Waals surface area contributed by atoms with Gasteiger partial charge in [-0.25, -0.2) is 4.99 Å². The molecule has 2 rings (SSSR count). The van der Waals surface area contributed by atoms with E-state index in [0.717, 1.165) is 24.9 Å². The molecule has 1 aliphatic rings. The van der Waals surface area contributed by atoms with Crippen LogP contribution in [0.3, 0.4) is 0 Å². The highest BCUT2D eigenvalue weighted by Gasteiger charge is 2.40. The first-order valence-corrected chi connectivity index (χ1v) is 8.44. The number of hydrogen-bond donors (Lipinski definition) is 1. The molecule has 1 aromatic rings. The van der Waals surface area contributed by atoms with Crippen molar-refractivity contribution >= 4 is 35.8 Å². The zero-order valence-corrected chi connectivity index (χ0v) is 18.3. The third-order valence-electron chi connectivity index (χ3n) is 4.15. The van der Waals surface area contributed by atoms with Crippen molar-refractivity contribution in [3.63, 3.8) is 0 Å². The minimum absolute atomic E-state index is 0. The van der Waals surface area contributed by atoms with Crippen molar-refractivity contribution in [3.8, 4) is 0 Å². The lowest BCUT2D eigenvalue weighted by Gasteiger charge is -2.49. The Labute approximate surface area is 167 Å². The molecule has 0 atom stereocenters. The average molecular weight is 463 g/mol. The molecule has 0 spiro atoms. The van der Waals surface area contributed by atoms with Crippen molar-refractivity contribution in [1.29, 1.82) is 0 Å². The Balaban J connectivity index is 0.00000312. The van der Waals surface area contributed by atoms with Crippen molar-refractivity contribution in [2.45, 2.75) is 52.7 Å². The number of aromatic nitrogens is 3. The van der Waals surface area contributed by atoms with Gasteiger partial charge in [0.25, 0.3) is 0 Å². The third kappa shape index (κ3) is 5.05. The molecule has 0 radical (unpaired) electrons. The monoisotopic (exact) mass is 463 g/mol. The van der Waals surface area contributed by atoms with Gasteiger partial charge in [0.15, 0.2) is 11.8 Å². The third-order valence-corrected chi connectivity index (χ3v) is 4.15. The summed E-state index contributed by atoms with van der Waals surface area (Å²) in [6, 6.07) is 0.188. The number of aliphatic imine (C=N–C) groups is 1. The summed E-state index contributed by atoms with van der Waals surface area (Å²) in [5, 5.41) is 11.2. The highest BCUT2D eigenvalue weighted by molar-refractivity contribution is 14.0. The second kappa shape index (κ2) is 8.81. The lowest BCUT2D eigenvalue weighted by molar-refractivity contribution is -0.145. The maximum atomic E-state index is 12.6. The molecule has 142 valence electrons. The lowest BCUT2D eigenvalue weighted by atomic mass is 9.96. The largest absolute Gasteiger partial charge is 0.356 e. The molecule has 0 unspecified atom stereocenters. The van der Waals surface area contributed by atoms with Gasteiger partial charge >= 0.3 is 0 Å². The number of nitrogens with one attached hydrogen (secondary N) is 1. The van der Waals surface area contributed by atoms with Crippen molar-refractivity contribution in [2.24, 2.45) is 12.0 Å². The number of nitrogens with zero attached hydrogens (tertiary/aromatic N) is 6. The van der Waals surface area contributed by atoms with E-state index in [1.807, 2.05) is 28.3 Å². The molecule has 1 amide bonds. The van der Waals surface area contributed by atoms with Gasteiger partial charge < -0.3 is 19.7 Å². The lowest BCUT2D eigenvalue weighted by Crippen LogP contribution is -2.66.